The molecule has 4 heteroatoms. The van der Waals surface area contributed by atoms with Crippen molar-refractivity contribution >= 4 is 11.6 Å². The highest BCUT2D eigenvalue weighted by atomic mass is 16.2. The summed E-state index contributed by atoms with van der Waals surface area (Å²) < 4.78 is 0. The number of hydrogen-bond acceptors (Lipinski definition) is 2. The maximum absolute atomic E-state index is 12.1. The van der Waals surface area contributed by atoms with E-state index < -0.39 is 0 Å². The van der Waals surface area contributed by atoms with Gasteiger partial charge in [0.2, 0.25) is 5.56 Å². The normalized spacial score (nSPS) is 20.9. The van der Waals surface area contributed by atoms with Crippen molar-refractivity contribution in [3.05, 3.63) is 64.1 Å². The lowest BCUT2D eigenvalue weighted by Crippen LogP contribution is -2.18. The number of carbonyl (C=O) groups is 1. The summed E-state index contributed by atoms with van der Waals surface area (Å²) in [7, 11) is 0. The summed E-state index contributed by atoms with van der Waals surface area (Å²) in [6.45, 7) is 2.32. The molecule has 1 amide bonds. The van der Waals surface area contributed by atoms with E-state index in [1.165, 1.54) is 37.3 Å². The molecule has 1 aromatic heterocycles. The largest absolute Gasteiger partial charge is 0.321 e. The van der Waals surface area contributed by atoms with E-state index in [-0.39, 0.29) is 17.2 Å². The van der Waals surface area contributed by atoms with Crippen molar-refractivity contribution in [1.82, 2.24) is 4.98 Å². The molecule has 1 aliphatic rings. The van der Waals surface area contributed by atoms with Crippen molar-refractivity contribution in [1.29, 1.82) is 0 Å². The number of benzene rings is 1. The van der Waals surface area contributed by atoms with Crippen molar-refractivity contribution in [2.45, 2.75) is 38.5 Å². The smallest absolute Gasteiger partial charge is 0.272 e. The fourth-order valence-corrected chi connectivity index (χ4v) is 3.21. The minimum atomic E-state index is -0.304. The van der Waals surface area contributed by atoms with Gasteiger partial charge in [0.25, 0.3) is 5.91 Å². The van der Waals surface area contributed by atoms with Crippen LogP contribution in [0.5, 0.6) is 0 Å². The predicted molar refractivity (Wildman–Crippen MR) is 91.8 cm³/mol. The Morgan fingerprint density at radius 1 is 1.04 bits per heavy atom. The lowest BCUT2D eigenvalue weighted by Gasteiger charge is -2.26. The number of pyridine rings is 1. The fourth-order valence-electron chi connectivity index (χ4n) is 3.21. The van der Waals surface area contributed by atoms with E-state index in [1.807, 2.05) is 12.1 Å². The number of carbonyl (C=O) groups excluding carboxylic acids is 1. The third kappa shape index (κ3) is 3.89. The summed E-state index contributed by atoms with van der Waals surface area (Å²) in [6.07, 6.45) is 5.09. The second-order valence-corrected chi connectivity index (χ2v) is 6.46. The molecule has 0 aliphatic heterocycles. The Hall–Kier alpha value is -2.36. The lowest BCUT2D eigenvalue weighted by molar-refractivity contribution is 0.102. The standard InChI is InChI=1S/C19H22N2O2/c1-13-5-7-14(8-6-13)15-9-11-16(12-10-15)20-19(23)17-3-2-4-18(22)21-17/h2-4,9-14H,5-8H2,1H3,(H,20,23)(H,21,22). The lowest BCUT2D eigenvalue weighted by atomic mass is 9.79. The van der Waals surface area contributed by atoms with Gasteiger partial charge in [-0.1, -0.05) is 38.0 Å². The molecule has 0 bridgehead atoms. The highest BCUT2D eigenvalue weighted by Gasteiger charge is 2.19. The van der Waals surface area contributed by atoms with Gasteiger partial charge in [0.05, 0.1) is 0 Å². The Balaban J connectivity index is 1.65. The summed E-state index contributed by atoms with van der Waals surface area (Å²) in [5.41, 5.74) is 2.08. The van der Waals surface area contributed by atoms with Gasteiger partial charge < -0.3 is 10.3 Å². The monoisotopic (exact) mass is 310 g/mol. The molecular formula is C19H22N2O2. The number of anilines is 1. The average molecular weight is 310 g/mol. The van der Waals surface area contributed by atoms with E-state index >= 15 is 0 Å². The van der Waals surface area contributed by atoms with Crippen molar-refractivity contribution in [3.63, 3.8) is 0 Å². The second-order valence-electron chi connectivity index (χ2n) is 6.46. The molecule has 0 unspecified atom stereocenters. The van der Waals surface area contributed by atoms with E-state index in [1.54, 1.807) is 12.1 Å². The van der Waals surface area contributed by atoms with E-state index in [0.29, 0.717) is 5.92 Å². The molecule has 0 spiro atoms. The zero-order chi connectivity index (χ0) is 16.2. The Morgan fingerprint density at radius 3 is 2.39 bits per heavy atom. The summed E-state index contributed by atoms with van der Waals surface area (Å²) >= 11 is 0. The van der Waals surface area contributed by atoms with Crippen LogP contribution in [-0.2, 0) is 0 Å². The van der Waals surface area contributed by atoms with Gasteiger partial charge in [0.15, 0.2) is 0 Å². The minimum absolute atomic E-state index is 0.267. The fraction of sp³-hybridized carbons (Fsp3) is 0.368. The van der Waals surface area contributed by atoms with Crippen LogP contribution in [0.3, 0.4) is 0 Å². The number of amides is 1. The molecule has 1 fully saturated rings. The number of rotatable bonds is 3. The van der Waals surface area contributed by atoms with Crippen LogP contribution in [0, 0.1) is 5.92 Å². The zero-order valence-electron chi connectivity index (χ0n) is 13.3. The molecule has 2 N–H and O–H groups in total. The van der Waals surface area contributed by atoms with Crippen LogP contribution in [0.2, 0.25) is 0 Å². The molecule has 1 aliphatic carbocycles. The summed E-state index contributed by atoms with van der Waals surface area (Å²) in [4.78, 5) is 25.9. The highest BCUT2D eigenvalue weighted by molar-refractivity contribution is 6.02. The average Bonchev–Trinajstić information content (AvgIpc) is 2.56. The van der Waals surface area contributed by atoms with Crippen molar-refractivity contribution in [2.75, 3.05) is 5.32 Å². The molecule has 0 saturated heterocycles. The van der Waals surface area contributed by atoms with Crippen molar-refractivity contribution < 1.29 is 4.79 Å². The van der Waals surface area contributed by atoms with Gasteiger partial charge in [0.1, 0.15) is 5.69 Å². The Labute approximate surface area is 135 Å². The van der Waals surface area contributed by atoms with Gasteiger partial charge in [-0.25, -0.2) is 0 Å². The van der Waals surface area contributed by atoms with E-state index in [9.17, 15) is 9.59 Å². The molecule has 3 rings (SSSR count). The van der Waals surface area contributed by atoms with E-state index in [2.05, 4.69) is 29.4 Å². The van der Waals surface area contributed by atoms with Gasteiger partial charge in [0, 0.05) is 11.8 Å². The van der Waals surface area contributed by atoms with Crippen LogP contribution in [0.4, 0.5) is 5.69 Å². The maximum atomic E-state index is 12.1. The van der Waals surface area contributed by atoms with Crippen LogP contribution in [0.1, 0.15) is 54.6 Å². The van der Waals surface area contributed by atoms with E-state index in [0.717, 1.165) is 11.6 Å². The molecule has 4 nitrogen and oxygen atoms in total. The SMILES string of the molecule is CC1CCC(c2ccc(NC(=O)c3cccc(=O)[nH]3)cc2)CC1. The molecule has 1 aromatic carbocycles. The molecular weight excluding hydrogens is 288 g/mol. The van der Waals surface area contributed by atoms with Crippen LogP contribution < -0.4 is 10.9 Å². The maximum Gasteiger partial charge on any atom is 0.272 e. The first kappa shape index (κ1) is 15.5. The van der Waals surface area contributed by atoms with Gasteiger partial charge in [-0.3, -0.25) is 9.59 Å². The van der Waals surface area contributed by atoms with Gasteiger partial charge >= 0.3 is 0 Å². The highest BCUT2D eigenvalue weighted by Crippen LogP contribution is 2.35. The molecule has 120 valence electrons. The minimum Gasteiger partial charge on any atom is -0.321 e. The van der Waals surface area contributed by atoms with E-state index in [4.69, 9.17) is 0 Å². The van der Waals surface area contributed by atoms with Crippen LogP contribution in [0.15, 0.2) is 47.3 Å². The van der Waals surface area contributed by atoms with Gasteiger partial charge in [-0.05, 0) is 48.4 Å². The number of aromatic amines is 1. The van der Waals surface area contributed by atoms with Gasteiger partial charge in [-0.15, -0.1) is 0 Å². The Bertz CT molecular complexity index is 726. The number of nitrogens with one attached hydrogen (secondary N) is 2. The van der Waals surface area contributed by atoms with Gasteiger partial charge in [-0.2, -0.15) is 0 Å². The van der Waals surface area contributed by atoms with Crippen molar-refractivity contribution in [3.8, 4) is 0 Å². The predicted octanol–water partition coefficient (Wildman–Crippen LogP) is 3.92. The first-order chi connectivity index (χ1) is 11.1. The topological polar surface area (TPSA) is 62.0 Å². The molecule has 2 aromatic rings. The quantitative estimate of drug-likeness (QED) is 0.902. The number of H-pyrrole nitrogens is 1. The zero-order valence-corrected chi connectivity index (χ0v) is 13.3. The third-order valence-corrected chi connectivity index (χ3v) is 4.67. The summed E-state index contributed by atoms with van der Waals surface area (Å²) in [5, 5.41) is 2.81. The van der Waals surface area contributed by atoms with Crippen LogP contribution >= 0.6 is 0 Å². The first-order valence-corrected chi connectivity index (χ1v) is 8.22. The van der Waals surface area contributed by atoms with Crippen molar-refractivity contribution in [2.24, 2.45) is 5.92 Å². The molecule has 0 atom stereocenters. The first-order valence-electron chi connectivity index (χ1n) is 8.22. The van der Waals surface area contributed by atoms with Crippen LogP contribution in [0.25, 0.3) is 0 Å². The summed E-state index contributed by atoms with van der Waals surface area (Å²) in [5.74, 6) is 1.18. The number of hydrogen-bond donors (Lipinski definition) is 2. The molecule has 23 heavy (non-hydrogen) atoms. The number of aromatic nitrogens is 1. The Kier molecular flexibility index (Phi) is 4.60. The molecule has 1 saturated carbocycles. The van der Waals surface area contributed by atoms with Crippen LogP contribution in [-0.4, -0.2) is 10.9 Å². The third-order valence-electron chi connectivity index (χ3n) is 4.67. The molecule has 0 radical (unpaired) electrons. The second kappa shape index (κ2) is 6.82. The summed E-state index contributed by atoms with van der Waals surface area (Å²) in [6, 6.07) is 12.6. The molecule has 1 heterocycles. The Morgan fingerprint density at radius 2 is 1.74 bits per heavy atom.